The quantitative estimate of drug-likeness (QED) is 0.829. The molecule has 1 aromatic heterocycles. The van der Waals surface area contributed by atoms with Crippen molar-refractivity contribution in [2.75, 3.05) is 11.9 Å². The Bertz CT molecular complexity index is 440. The zero-order chi connectivity index (χ0) is 11.9. The zero-order valence-corrected chi connectivity index (χ0v) is 9.52. The Balaban J connectivity index is 1.53. The van der Waals surface area contributed by atoms with Gasteiger partial charge in [-0.15, -0.1) is 0 Å². The summed E-state index contributed by atoms with van der Waals surface area (Å²) < 4.78 is 0. The van der Waals surface area contributed by atoms with Gasteiger partial charge in [0.2, 0.25) is 5.95 Å². The number of hydrogen-bond donors (Lipinski definition) is 2. The summed E-state index contributed by atoms with van der Waals surface area (Å²) >= 11 is 0. The summed E-state index contributed by atoms with van der Waals surface area (Å²) in [6.45, 7) is 0.909. The Morgan fingerprint density at radius 3 is 2.65 bits per heavy atom. The van der Waals surface area contributed by atoms with E-state index in [9.17, 15) is 4.79 Å². The fraction of sp³-hybridized carbons (Fsp3) is 0.583. The predicted octanol–water partition coefficient (Wildman–Crippen LogP) is 1.78. The molecule has 2 N–H and O–H groups in total. The highest BCUT2D eigenvalue weighted by atomic mass is 16.4. The lowest BCUT2D eigenvalue weighted by Gasteiger charge is -2.26. The van der Waals surface area contributed by atoms with E-state index in [4.69, 9.17) is 5.11 Å². The third-order valence-corrected chi connectivity index (χ3v) is 4.11. The van der Waals surface area contributed by atoms with Crippen molar-refractivity contribution in [2.45, 2.75) is 25.7 Å². The largest absolute Gasteiger partial charge is 0.478 e. The lowest BCUT2D eigenvalue weighted by Crippen LogP contribution is -2.19. The maximum absolute atomic E-state index is 10.6. The number of hydrogen-bond acceptors (Lipinski definition) is 4. The summed E-state index contributed by atoms with van der Waals surface area (Å²) in [4.78, 5) is 18.6. The van der Waals surface area contributed by atoms with E-state index >= 15 is 0 Å². The number of nitrogens with one attached hydrogen (secondary N) is 1. The van der Waals surface area contributed by atoms with E-state index in [0.717, 1.165) is 12.5 Å². The Morgan fingerprint density at radius 1 is 1.47 bits per heavy atom. The minimum absolute atomic E-state index is 0.123. The maximum atomic E-state index is 10.6. The molecule has 0 saturated heterocycles. The second kappa shape index (κ2) is 3.68. The van der Waals surface area contributed by atoms with Crippen LogP contribution in [0.5, 0.6) is 0 Å². The smallest absolute Gasteiger partial charge is 0.338 e. The van der Waals surface area contributed by atoms with Gasteiger partial charge in [-0.2, -0.15) is 0 Å². The van der Waals surface area contributed by atoms with Gasteiger partial charge in [0, 0.05) is 18.9 Å². The van der Waals surface area contributed by atoms with Gasteiger partial charge in [-0.1, -0.05) is 6.42 Å². The van der Waals surface area contributed by atoms with E-state index in [-0.39, 0.29) is 5.56 Å². The van der Waals surface area contributed by atoms with Gasteiger partial charge >= 0.3 is 5.97 Å². The molecule has 17 heavy (non-hydrogen) atoms. The summed E-state index contributed by atoms with van der Waals surface area (Å²) in [7, 11) is 0. The molecule has 1 aromatic rings. The van der Waals surface area contributed by atoms with Crippen molar-refractivity contribution in [1.82, 2.24) is 9.97 Å². The van der Waals surface area contributed by atoms with E-state index in [2.05, 4.69) is 15.3 Å². The van der Waals surface area contributed by atoms with Crippen molar-refractivity contribution in [2.24, 2.45) is 11.3 Å². The third-order valence-electron chi connectivity index (χ3n) is 4.11. The molecular formula is C12H15N3O2. The summed E-state index contributed by atoms with van der Waals surface area (Å²) in [5, 5.41) is 11.9. The number of aromatic carboxylic acids is 1. The topological polar surface area (TPSA) is 75.1 Å². The van der Waals surface area contributed by atoms with Gasteiger partial charge in [-0.25, -0.2) is 14.8 Å². The molecular weight excluding hydrogens is 218 g/mol. The van der Waals surface area contributed by atoms with Crippen LogP contribution in [0.4, 0.5) is 5.95 Å². The van der Waals surface area contributed by atoms with Crippen LogP contribution < -0.4 is 5.32 Å². The Morgan fingerprint density at radius 2 is 2.18 bits per heavy atom. The van der Waals surface area contributed by atoms with E-state index in [1.165, 1.54) is 38.1 Å². The van der Waals surface area contributed by atoms with Gasteiger partial charge in [-0.05, 0) is 30.6 Å². The van der Waals surface area contributed by atoms with E-state index in [1.807, 2.05) is 0 Å². The molecule has 3 rings (SSSR count). The number of carbonyl (C=O) groups is 1. The number of nitrogens with zero attached hydrogens (tertiary/aromatic N) is 2. The molecule has 2 saturated carbocycles. The van der Waals surface area contributed by atoms with E-state index in [0.29, 0.717) is 11.4 Å². The van der Waals surface area contributed by atoms with E-state index in [1.54, 1.807) is 0 Å². The van der Waals surface area contributed by atoms with Crippen LogP contribution >= 0.6 is 0 Å². The van der Waals surface area contributed by atoms with Gasteiger partial charge in [-0.3, -0.25) is 0 Å². The highest BCUT2D eigenvalue weighted by molar-refractivity contribution is 5.86. The van der Waals surface area contributed by atoms with Gasteiger partial charge < -0.3 is 10.4 Å². The normalized spacial score (nSPS) is 24.1. The average molecular weight is 233 g/mol. The number of anilines is 1. The first kappa shape index (κ1) is 10.5. The van der Waals surface area contributed by atoms with Crippen LogP contribution in [0.2, 0.25) is 0 Å². The molecule has 1 atom stereocenters. The minimum atomic E-state index is -0.993. The van der Waals surface area contributed by atoms with Gasteiger partial charge in [0.1, 0.15) is 0 Å². The van der Waals surface area contributed by atoms with Crippen LogP contribution in [-0.4, -0.2) is 27.6 Å². The van der Waals surface area contributed by atoms with Crippen LogP contribution in [0.1, 0.15) is 36.0 Å². The van der Waals surface area contributed by atoms with Crippen LogP contribution in [0.25, 0.3) is 0 Å². The SMILES string of the molecule is O=C(O)c1cnc(NCC2CC23CCC3)nc1. The lowest BCUT2D eigenvalue weighted by molar-refractivity contribution is 0.0696. The first-order valence-electron chi connectivity index (χ1n) is 5.99. The number of rotatable bonds is 4. The molecule has 0 radical (unpaired) electrons. The van der Waals surface area contributed by atoms with Gasteiger partial charge in [0.15, 0.2) is 0 Å². The molecule has 90 valence electrons. The van der Waals surface area contributed by atoms with Crippen LogP contribution in [0, 0.1) is 11.3 Å². The van der Waals surface area contributed by atoms with Crippen LogP contribution in [0.15, 0.2) is 12.4 Å². The van der Waals surface area contributed by atoms with Gasteiger partial charge in [0.25, 0.3) is 0 Å². The molecule has 2 fully saturated rings. The Kier molecular flexibility index (Phi) is 2.28. The fourth-order valence-electron chi connectivity index (χ4n) is 2.71. The monoisotopic (exact) mass is 233 g/mol. The molecule has 0 bridgehead atoms. The van der Waals surface area contributed by atoms with Crippen molar-refractivity contribution < 1.29 is 9.90 Å². The van der Waals surface area contributed by atoms with Crippen molar-refractivity contribution in [3.05, 3.63) is 18.0 Å². The first-order chi connectivity index (χ1) is 8.20. The summed E-state index contributed by atoms with van der Waals surface area (Å²) in [6.07, 6.45) is 8.12. The van der Waals surface area contributed by atoms with Crippen LogP contribution in [-0.2, 0) is 0 Å². The number of aromatic nitrogens is 2. The molecule has 0 aromatic carbocycles. The minimum Gasteiger partial charge on any atom is -0.478 e. The van der Waals surface area contributed by atoms with E-state index < -0.39 is 5.97 Å². The third kappa shape index (κ3) is 1.85. The molecule has 5 nitrogen and oxygen atoms in total. The molecule has 1 heterocycles. The summed E-state index contributed by atoms with van der Waals surface area (Å²) in [6, 6.07) is 0. The molecule has 2 aliphatic rings. The summed E-state index contributed by atoms with van der Waals surface area (Å²) in [5.41, 5.74) is 0.769. The van der Waals surface area contributed by atoms with Gasteiger partial charge in [0.05, 0.1) is 5.56 Å². The highest BCUT2D eigenvalue weighted by Crippen LogP contribution is 2.65. The second-order valence-electron chi connectivity index (χ2n) is 5.10. The predicted molar refractivity (Wildman–Crippen MR) is 61.9 cm³/mol. The molecule has 1 spiro atoms. The first-order valence-corrected chi connectivity index (χ1v) is 5.99. The second-order valence-corrected chi connectivity index (χ2v) is 5.10. The standard InChI is InChI=1S/C12H15N3O2/c16-10(17)8-5-13-11(14-6-8)15-7-9-4-12(9)2-1-3-12/h5-6,9H,1-4,7H2,(H,16,17)(H,13,14,15). The average Bonchev–Trinajstić information content (AvgIpc) is 3.01. The summed E-state index contributed by atoms with van der Waals surface area (Å²) in [5.74, 6) is 0.294. The highest BCUT2D eigenvalue weighted by Gasteiger charge is 2.56. The molecule has 2 aliphatic carbocycles. The number of carboxylic acid groups (broad SMARTS) is 1. The molecule has 0 aliphatic heterocycles. The van der Waals surface area contributed by atoms with Crippen molar-refractivity contribution >= 4 is 11.9 Å². The van der Waals surface area contributed by atoms with Crippen molar-refractivity contribution in [1.29, 1.82) is 0 Å². The fourth-order valence-corrected chi connectivity index (χ4v) is 2.71. The molecule has 5 heteroatoms. The molecule has 1 unspecified atom stereocenters. The number of carboxylic acids is 1. The molecule has 0 amide bonds. The lowest BCUT2D eigenvalue weighted by atomic mass is 9.80. The van der Waals surface area contributed by atoms with Crippen molar-refractivity contribution in [3.63, 3.8) is 0 Å². The van der Waals surface area contributed by atoms with Crippen LogP contribution in [0.3, 0.4) is 0 Å². The maximum Gasteiger partial charge on any atom is 0.338 e. The Hall–Kier alpha value is -1.65. The zero-order valence-electron chi connectivity index (χ0n) is 9.52. The Labute approximate surface area is 99.3 Å². The van der Waals surface area contributed by atoms with Crippen molar-refractivity contribution in [3.8, 4) is 0 Å².